The van der Waals surface area contributed by atoms with Gasteiger partial charge < -0.3 is 9.80 Å². The van der Waals surface area contributed by atoms with Crippen LogP contribution in [0.1, 0.15) is 27.0 Å². The summed E-state index contributed by atoms with van der Waals surface area (Å²) in [5.41, 5.74) is 2.94. The molecule has 0 saturated carbocycles. The van der Waals surface area contributed by atoms with Crippen molar-refractivity contribution in [3.63, 3.8) is 0 Å². The number of hydrogen-bond acceptors (Lipinski definition) is 4. The van der Waals surface area contributed by atoms with E-state index in [-0.39, 0.29) is 11.7 Å². The van der Waals surface area contributed by atoms with Crippen LogP contribution in [0.4, 0.5) is 5.69 Å². The third kappa shape index (κ3) is 4.43. The molecule has 4 nitrogen and oxygen atoms in total. The molecule has 1 aliphatic heterocycles. The Bertz CT molecular complexity index is 1020. The zero-order valence-electron chi connectivity index (χ0n) is 16.1. The normalized spacial score (nSPS) is 14.1. The van der Waals surface area contributed by atoms with Gasteiger partial charge >= 0.3 is 0 Å². The van der Waals surface area contributed by atoms with Crippen molar-refractivity contribution in [2.24, 2.45) is 0 Å². The van der Waals surface area contributed by atoms with Gasteiger partial charge in [-0.1, -0.05) is 28.1 Å². The van der Waals surface area contributed by atoms with Crippen LogP contribution < -0.4 is 4.90 Å². The lowest BCUT2D eigenvalue weighted by atomic mass is 10.1. The molecule has 0 unspecified atom stereocenters. The average molecular weight is 469 g/mol. The fourth-order valence-electron chi connectivity index (χ4n) is 3.45. The van der Waals surface area contributed by atoms with Gasteiger partial charge in [-0.05, 0) is 61.0 Å². The van der Waals surface area contributed by atoms with E-state index in [1.165, 1.54) is 0 Å². The molecular weight excluding hydrogens is 448 g/mol. The van der Waals surface area contributed by atoms with Crippen LogP contribution in [0.3, 0.4) is 0 Å². The zero-order valence-corrected chi connectivity index (χ0v) is 18.5. The van der Waals surface area contributed by atoms with E-state index in [9.17, 15) is 9.59 Å². The summed E-state index contributed by atoms with van der Waals surface area (Å²) >= 11 is 5.00. The molecule has 3 aromatic rings. The first kappa shape index (κ1) is 19.9. The maximum Gasteiger partial charge on any atom is 0.264 e. The fraction of sp³-hybridized carbons (Fsp3) is 0.217. The van der Waals surface area contributed by atoms with Crippen LogP contribution in [0, 0.1) is 0 Å². The molecule has 1 aliphatic rings. The molecular formula is C23H21BrN2O2S. The summed E-state index contributed by atoms with van der Waals surface area (Å²) in [5.74, 6) is 0.176. The van der Waals surface area contributed by atoms with Crippen LogP contribution >= 0.6 is 27.3 Å². The van der Waals surface area contributed by atoms with Crippen LogP contribution in [-0.2, 0) is 0 Å². The second-order valence-corrected chi connectivity index (χ2v) is 9.05. The summed E-state index contributed by atoms with van der Waals surface area (Å²) in [5, 5.41) is 0. The van der Waals surface area contributed by atoms with E-state index >= 15 is 0 Å². The Kier molecular flexibility index (Phi) is 5.83. The Morgan fingerprint density at radius 3 is 2.14 bits per heavy atom. The highest BCUT2D eigenvalue weighted by molar-refractivity contribution is 9.10. The maximum atomic E-state index is 12.9. The molecule has 0 aliphatic carbocycles. The van der Waals surface area contributed by atoms with Gasteiger partial charge in [0.1, 0.15) is 0 Å². The Morgan fingerprint density at radius 2 is 1.52 bits per heavy atom. The number of halogens is 1. The van der Waals surface area contributed by atoms with E-state index in [1.807, 2.05) is 53.4 Å². The topological polar surface area (TPSA) is 40.6 Å². The lowest BCUT2D eigenvalue weighted by Crippen LogP contribution is -2.48. The van der Waals surface area contributed by atoms with Crippen molar-refractivity contribution in [1.29, 1.82) is 0 Å². The first-order valence-corrected chi connectivity index (χ1v) is 11.1. The van der Waals surface area contributed by atoms with Crippen LogP contribution in [0.2, 0.25) is 0 Å². The van der Waals surface area contributed by atoms with Gasteiger partial charge in [-0.15, -0.1) is 11.3 Å². The van der Waals surface area contributed by atoms with Gasteiger partial charge in [-0.3, -0.25) is 9.59 Å². The third-order valence-electron chi connectivity index (χ3n) is 5.15. The molecule has 1 aromatic heterocycles. The molecule has 148 valence electrons. The minimum atomic E-state index is 0.0745. The number of hydrogen-bond donors (Lipinski definition) is 0. The molecule has 0 bridgehead atoms. The number of nitrogens with zero attached hydrogens (tertiary/aromatic N) is 2. The molecule has 1 saturated heterocycles. The number of piperazine rings is 1. The molecule has 0 radical (unpaired) electrons. The van der Waals surface area contributed by atoms with Crippen LogP contribution in [0.25, 0.3) is 10.4 Å². The Labute approximate surface area is 182 Å². The van der Waals surface area contributed by atoms with Gasteiger partial charge in [0.15, 0.2) is 5.78 Å². The Morgan fingerprint density at radius 1 is 0.862 bits per heavy atom. The average Bonchev–Trinajstić information content (AvgIpc) is 3.24. The summed E-state index contributed by atoms with van der Waals surface area (Å²) in [6.07, 6.45) is 0. The monoisotopic (exact) mass is 468 g/mol. The quantitative estimate of drug-likeness (QED) is 0.485. The highest BCUT2D eigenvalue weighted by Gasteiger charge is 2.23. The smallest absolute Gasteiger partial charge is 0.264 e. The molecule has 29 heavy (non-hydrogen) atoms. The number of carbonyl (C=O) groups excluding carboxylic acids is 2. The Balaban J connectivity index is 1.39. The molecule has 0 atom stereocenters. The molecule has 4 rings (SSSR count). The second-order valence-electron chi connectivity index (χ2n) is 7.05. The second kappa shape index (κ2) is 8.51. The van der Waals surface area contributed by atoms with E-state index in [1.54, 1.807) is 18.3 Å². The number of ketones is 1. The molecule has 2 heterocycles. The van der Waals surface area contributed by atoms with Gasteiger partial charge in [0.25, 0.3) is 5.91 Å². The summed E-state index contributed by atoms with van der Waals surface area (Å²) in [4.78, 5) is 30.4. The van der Waals surface area contributed by atoms with E-state index in [0.29, 0.717) is 13.1 Å². The van der Waals surface area contributed by atoms with Crippen molar-refractivity contribution in [3.8, 4) is 10.4 Å². The highest BCUT2D eigenvalue weighted by atomic mass is 79.9. The third-order valence-corrected chi connectivity index (χ3v) is 6.80. The number of carbonyl (C=O) groups is 2. The van der Waals surface area contributed by atoms with Gasteiger partial charge in [0, 0.05) is 46.8 Å². The number of thiophene rings is 1. The fourth-order valence-corrected chi connectivity index (χ4v) is 4.70. The van der Waals surface area contributed by atoms with Crippen molar-refractivity contribution in [3.05, 3.63) is 75.6 Å². The predicted molar refractivity (Wildman–Crippen MR) is 122 cm³/mol. The van der Waals surface area contributed by atoms with Crippen LogP contribution in [0.15, 0.2) is 65.1 Å². The number of rotatable bonds is 4. The number of benzene rings is 2. The van der Waals surface area contributed by atoms with Crippen molar-refractivity contribution >= 4 is 44.6 Å². The molecule has 2 aromatic carbocycles. The molecule has 1 amide bonds. The molecule has 6 heteroatoms. The summed E-state index contributed by atoms with van der Waals surface area (Å²) in [7, 11) is 0. The van der Waals surface area contributed by atoms with E-state index < -0.39 is 0 Å². The lowest BCUT2D eigenvalue weighted by molar-refractivity contribution is 0.0751. The number of Topliss-reactive ketones (excluding diaryl/α,β-unsaturated/α-hetero) is 1. The molecule has 1 fully saturated rings. The zero-order chi connectivity index (χ0) is 20.4. The molecule has 0 spiro atoms. The maximum absolute atomic E-state index is 12.9. The van der Waals surface area contributed by atoms with Gasteiger partial charge in [-0.25, -0.2) is 0 Å². The highest BCUT2D eigenvalue weighted by Crippen LogP contribution is 2.30. The van der Waals surface area contributed by atoms with Crippen molar-refractivity contribution in [2.45, 2.75) is 6.92 Å². The standard InChI is InChI=1S/C23H21BrN2O2S/c1-16(27)17-4-8-20(9-5-17)25-12-14-26(15-13-25)23(28)22-11-10-21(29-22)18-2-6-19(24)7-3-18/h2-11H,12-15H2,1H3. The van der Waals surface area contributed by atoms with Gasteiger partial charge in [0.05, 0.1) is 4.88 Å². The van der Waals surface area contributed by atoms with Crippen molar-refractivity contribution in [2.75, 3.05) is 31.1 Å². The van der Waals surface area contributed by atoms with E-state index in [4.69, 9.17) is 0 Å². The summed E-state index contributed by atoms with van der Waals surface area (Å²) < 4.78 is 1.04. The van der Waals surface area contributed by atoms with Gasteiger partial charge in [-0.2, -0.15) is 0 Å². The number of amides is 1. The van der Waals surface area contributed by atoms with E-state index in [0.717, 1.165) is 44.1 Å². The van der Waals surface area contributed by atoms with Crippen LogP contribution in [0.5, 0.6) is 0 Å². The summed E-state index contributed by atoms with van der Waals surface area (Å²) in [6, 6.07) is 19.8. The minimum Gasteiger partial charge on any atom is -0.368 e. The van der Waals surface area contributed by atoms with E-state index in [2.05, 4.69) is 33.0 Å². The van der Waals surface area contributed by atoms with Crippen molar-refractivity contribution in [1.82, 2.24) is 4.90 Å². The van der Waals surface area contributed by atoms with Crippen LogP contribution in [-0.4, -0.2) is 42.8 Å². The lowest BCUT2D eigenvalue weighted by Gasteiger charge is -2.36. The first-order chi connectivity index (χ1) is 14.0. The van der Waals surface area contributed by atoms with Crippen molar-refractivity contribution < 1.29 is 9.59 Å². The first-order valence-electron chi connectivity index (χ1n) is 9.52. The number of anilines is 1. The largest absolute Gasteiger partial charge is 0.368 e. The van der Waals surface area contributed by atoms with Gasteiger partial charge in [0.2, 0.25) is 0 Å². The Hall–Kier alpha value is -2.44. The minimum absolute atomic E-state index is 0.0745. The molecule has 0 N–H and O–H groups in total. The SMILES string of the molecule is CC(=O)c1ccc(N2CCN(C(=O)c3ccc(-c4ccc(Br)cc4)s3)CC2)cc1. The summed E-state index contributed by atoms with van der Waals surface area (Å²) in [6.45, 7) is 4.54. The predicted octanol–water partition coefficient (Wildman–Crippen LogP) is 5.34.